The Hall–Kier alpha value is -3.56. The van der Waals surface area contributed by atoms with Crippen molar-refractivity contribution in [1.82, 2.24) is 4.98 Å². The lowest BCUT2D eigenvalue weighted by atomic mass is 9.95. The number of aliphatic hydroxyl groups excluding tert-OH is 1. The fourth-order valence-electron chi connectivity index (χ4n) is 4.06. The second-order valence-electron chi connectivity index (χ2n) is 8.20. The number of thiazole rings is 1. The highest BCUT2D eigenvalue weighted by molar-refractivity contribution is 9.10. The van der Waals surface area contributed by atoms with E-state index in [0.29, 0.717) is 33.7 Å². The van der Waals surface area contributed by atoms with Crippen LogP contribution in [0, 0.1) is 5.82 Å². The number of aromatic nitrogens is 1. The molecule has 5 rings (SSSR count). The van der Waals surface area contributed by atoms with Gasteiger partial charge in [-0.25, -0.2) is 9.37 Å². The molecule has 36 heavy (non-hydrogen) atoms. The largest absolute Gasteiger partial charge is 0.507 e. The first-order valence-electron chi connectivity index (χ1n) is 11.2. The van der Waals surface area contributed by atoms with Crippen LogP contribution in [0.15, 0.2) is 76.8 Å². The molecule has 1 aliphatic heterocycles. The van der Waals surface area contributed by atoms with Crippen LogP contribution >= 0.6 is 27.3 Å². The fraction of sp³-hybridized carbons (Fsp3) is 0.148. The number of halogens is 2. The lowest BCUT2D eigenvalue weighted by Gasteiger charge is -2.23. The molecule has 4 aromatic rings. The van der Waals surface area contributed by atoms with Crippen molar-refractivity contribution < 1.29 is 23.8 Å². The number of ketones is 1. The number of Topliss-reactive ketones (excluding diaryl/α,β-unsaturated/α-hetero) is 1. The van der Waals surface area contributed by atoms with Gasteiger partial charge in [-0.2, -0.15) is 0 Å². The van der Waals surface area contributed by atoms with Crippen LogP contribution in [0.2, 0.25) is 0 Å². The summed E-state index contributed by atoms with van der Waals surface area (Å²) in [5, 5.41) is 11.5. The highest BCUT2D eigenvalue weighted by Gasteiger charge is 2.48. The highest BCUT2D eigenvalue weighted by atomic mass is 79.9. The number of amides is 1. The van der Waals surface area contributed by atoms with E-state index in [0.717, 1.165) is 22.2 Å². The Morgan fingerprint density at radius 3 is 2.53 bits per heavy atom. The van der Waals surface area contributed by atoms with E-state index in [-0.39, 0.29) is 16.5 Å². The molecule has 182 valence electrons. The molecule has 1 aliphatic rings. The number of anilines is 1. The third kappa shape index (κ3) is 4.40. The number of fused-ring (bicyclic) bond motifs is 1. The van der Waals surface area contributed by atoms with E-state index in [1.54, 1.807) is 48.5 Å². The van der Waals surface area contributed by atoms with E-state index < -0.39 is 23.5 Å². The van der Waals surface area contributed by atoms with Crippen LogP contribution in [-0.4, -0.2) is 28.4 Å². The zero-order valence-corrected chi connectivity index (χ0v) is 21.5. The molecule has 0 radical (unpaired) electrons. The van der Waals surface area contributed by atoms with Crippen molar-refractivity contribution in [3.05, 3.63) is 93.7 Å². The molecule has 1 N–H and O–H groups in total. The zero-order chi connectivity index (χ0) is 25.4. The summed E-state index contributed by atoms with van der Waals surface area (Å²) in [6, 6.07) is 17.1. The van der Waals surface area contributed by atoms with Gasteiger partial charge in [-0.05, 0) is 66.6 Å². The summed E-state index contributed by atoms with van der Waals surface area (Å²) in [6.45, 7) is 2.56. The number of nitrogens with zero attached hydrogens (tertiary/aromatic N) is 2. The van der Waals surface area contributed by atoms with Crippen molar-refractivity contribution in [3.63, 3.8) is 0 Å². The minimum absolute atomic E-state index is 0.0463. The molecule has 0 aliphatic carbocycles. The predicted octanol–water partition coefficient (Wildman–Crippen LogP) is 6.61. The van der Waals surface area contributed by atoms with E-state index in [1.165, 1.54) is 23.1 Å². The molecular formula is C27H20BrFN2O4S. The minimum Gasteiger partial charge on any atom is -0.507 e. The van der Waals surface area contributed by atoms with Crippen molar-refractivity contribution in [2.75, 3.05) is 11.5 Å². The number of rotatable bonds is 6. The Morgan fingerprint density at radius 2 is 1.83 bits per heavy atom. The lowest BCUT2D eigenvalue weighted by molar-refractivity contribution is -0.132. The normalized spacial score (nSPS) is 17.2. The first-order valence-corrected chi connectivity index (χ1v) is 12.8. The van der Waals surface area contributed by atoms with Crippen LogP contribution in [0.25, 0.3) is 16.0 Å². The summed E-state index contributed by atoms with van der Waals surface area (Å²) >= 11 is 4.51. The van der Waals surface area contributed by atoms with Crippen LogP contribution in [-0.2, 0) is 9.59 Å². The molecule has 3 aromatic carbocycles. The van der Waals surface area contributed by atoms with Crippen LogP contribution in [0.4, 0.5) is 9.52 Å². The van der Waals surface area contributed by atoms with Crippen LogP contribution in [0.3, 0.4) is 0 Å². The molecule has 6 nitrogen and oxygen atoms in total. The molecule has 9 heteroatoms. The molecule has 2 heterocycles. The molecular weight excluding hydrogens is 547 g/mol. The van der Waals surface area contributed by atoms with E-state index in [1.807, 2.05) is 6.92 Å². The topological polar surface area (TPSA) is 79.7 Å². The van der Waals surface area contributed by atoms with Gasteiger partial charge in [0.2, 0.25) is 0 Å². The maximum Gasteiger partial charge on any atom is 0.301 e. The monoisotopic (exact) mass is 566 g/mol. The standard InChI is InChI=1S/C27H20BrFN2O4S/c1-2-13-35-19-10-5-16(6-11-19)24(32)22-23(15-3-7-17(28)8-4-15)31(26(34)25(22)33)27-30-20-12-9-18(29)14-21(20)36-27/h3-12,14,23,32H,2,13H2,1H3. The van der Waals surface area contributed by atoms with Crippen molar-refractivity contribution in [1.29, 1.82) is 0 Å². The Labute approximate surface area is 218 Å². The van der Waals surface area contributed by atoms with Crippen molar-refractivity contribution in [2.24, 2.45) is 0 Å². The number of carbonyl (C=O) groups is 2. The van der Waals surface area contributed by atoms with Crippen molar-refractivity contribution >= 4 is 60.1 Å². The second-order valence-corrected chi connectivity index (χ2v) is 10.1. The Bertz CT molecular complexity index is 1500. The number of aliphatic hydroxyl groups is 1. The van der Waals surface area contributed by atoms with Gasteiger partial charge >= 0.3 is 5.91 Å². The number of carbonyl (C=O) groups excluding carboxylic acids is 2. The first-order chi connectivity index (χ1) is 17.4. The average Bonchev–Trinajstić information content (AvgIpc) is 3.40. The van der Waals surface area contributed by atoms with E-state index >= 15 is 0 Å². The van der Waals surface area contributed by atoms with Crippen LogP contribution in [0.5, 0.6) is 5.75 Å². The molecule has 1 amide bonds. The molecule has 1 saturated heterocycles. The third-order valence-electron chi connectivity index (χ3n) is 5.78. The van der Waals surface area contributed by atoms with Crippen molar-refractivity contribution in [3.8, 4) is 5.75 Å². The summed E-state index contributed by atoms with van der Waals surface area (Å²) in [4.78, 5) is 32.4. The van der Waals surface area contributed by atoms with Gasteiger partial charge in [-0.15, -0.1) is 0 Å². The van der Waals surface area contributed by atoms with Crippen LogP contribution < -0.4 is 9.64 Å². The maximum absolute atomic E-state index is 13.8. The Morgan fingerprint density at radius 1 is 1.11 bits per heavy atom. The average molecular weight is 567 g/mol. The van der Waals surface area contributed by atoms with Crippen LogP contribution in [0.1, 0.15) is 30.5 Å². The second kappa shape index (κ2) is 9.83. The van der Waals surface area contributed by atoms with E-state index in [9.17, 15) is 19.1 Å². The molecule has 0 bridgehead atoms. The quantitative estimate of drug-likeness (QED) is 0.161. The van der Waals surface area contributed by atoms with Gasteiger partial charge in [0.1, 0.15) is 17.3 Å². The summed E-state index contributed by atoms with van der Waals surface area (Å²) in [5.74, 6) is -1.71. The van der Waals surface area contributed by atoms with E-state index in [4.69, 9.17) is 4.74 Å². The van der Waals surface area contributed by atoms with E-state index in [2.05, 4.69) is 20.9 Å². The third-order valence-corrected chi connectivity index (χ3v) is 7.32. The number of hydrogen-bond donors (Lipinski definition) is 1. The number of ether oxygens (including phenoxy) is 1. The van der Waals surface area contributed by atoms with Gasteiger partial charge in [0, 0.05) is 10.0 Å². The fourth-order valence-corrected chi connectivity index (χ4v) is 5.35. The van der Waals surface area contributed by atoms with Gasteiger partial charge in [0.25, 0.3) is 5.78 Å². The molecule has 1 unspecified atom stereocenters. The smallest absolute Gasteiger partial charge is 0.301 e. The lowest BCUT2D eigenvalue weighted by Crippen LogP contribution is -2.29. The molecule has 1 aromatic heterocycles. The molecule has 1 atom stereocenters. The highest BCUT2D eigenvalue weighted by Crippen LogP contribution is 2.44. The number of benzene rings is 3. The summed E-state index contributed by atoms with van der Waals surface area (Å²) < 4.78 is 20.8. The van der Waals surface area contributed by atoms with Gasteiger partial charge in [-0.3, -0.25) is 14.5 Å². The Kier molecular flexibility index (Phi) is 6.59. The Balaban J connectivity index is 1.65. The minimum atomic E-state index is -0.917. The molecule has 0 spiro atoms. The molecule has 0 saturated carbocycles. The zero-order valence-electron chi connectivity index (χ0n) is 19.1. The predicted molar refractivity (Wildman–Crippen MR) is 141 cm³/mol. The van der Waals surface area contributed by atoms with Gasteiger partial charge in [0.15, 0.2) is 5.13 Å². The first kappa shape index (κ1) is 24.1. The van der Waals surface area contributed by atoms with Crippen molar-refractivity contribution in [2.45, 2.75) is 19.4 Å². The summed E-state index contributed by atoms with van der Waals surface area (Å²) in [5.41, 5.74) is 1.46. The van der Waals surface area contributed by atoms with Gasteiger partial charge < -0.3 is 9.84 Å². The van der Waals surface area contributed by atoms with Gasteiger partial charge in [0.05, 0.1) is 28.4 Å². The van der Waals surface area contributed by atoms with Gasteiger partial charge in [-0.1, -0.05) is 46.3 Å². The maximum atomic E-state index is 13.8. The summed E-state index contributed by atoms with van der Waals surface area (Å²) in [7, 11) is 0. The SMILES string of the molecule is CCCOc1ccc(C(O)=C2C(=O)C(=O)N(c3nc4ccc(F)cc4s3)C2c2ccc(Br)cc2)cc1. The number of hydrogen-bond acceptors (Lipinski definition) is 6. The molecule has 1 fully saturated rings. The summed E-state index contributed by atoms with van der Waals surface area (Å²) in [6.07, 6.45) is 0.858.